The molecule has 9 nitrogen and oxygen atoms in total. The van der Waals surface area contributed by atoms with E-state index in [9.17, 15) is 15.3 Å². The Balaban J connectivity index is 1.79. The third-order valence-corrected chi connectivity index (χ3v) is 4.40. The van der Waals surface area contributed by atoms with Gasteiger partial charge in [-0.15, -0.1) is 0 Å². The molecule has 9 heteroatoms. The summed E-state index contributed by atoms with van der Waals surface area (Å²) in [6.07, 6.45) is 1.03. The highest BCUT2D eigenvalue weighted by Crippen LogP contribution is 2.32. The minimum atomic E-state index is -1.17. The van der Waals surface area contributed by atoms with E-state index in [0.717, 1.165) is 19.4 Å². The van der Waals surface area contributed by atoms with Gasteiger partial charge in [-0.2, -0.15) is 0 Å². The van der Waals surface area contributed by atoms with Crippen LogP contribution in [0.2, 0.25) is 0 Å². The third-order valence-electron chi connectivity index (χ3n) is 4.40. The summed E-state index contributed by atoms with van der Waals surface area (Å²) in [5.41, 5.74) is 1.07. The number of aromatic nitrogens is 4. The number of hydrogen-bond donors (Lipinski definition) is 4. The highest BCUT2D eigenvalue weighted by molar-refractivity contribution is 5.82. The summed E-state index contributed by atoms with van der Waals surface area (Å²) < 4.78 is 7.10. The zero-order chi connectivity index (χ0) is 18.0. The maximum Gasteiger partial charge on any atom is 0.167 e. The number of imidazole rings is 1. The Morgan fingerprint density at radius 3 is 2.72 bits per heavy atom. The van der Waals surface area contributed by atoms with Crippen molar-refractivity contribution in [2.45, 2.75) is 51.2 Å². The molecule has 138 valence electrons. The molecule has 0 amide bonds. The summed E-state index contributed by atoms with van der Waals surface area (Å²) >= 11 is 0. The number of fused-ring (bicyclic) bond motifs is 1. The maximum atomic E-state index is 10.2. The van der Waals surface area contributed by atoms with Crippen LogP contribution in [0.3, 0.4) is 0 Å². The van der Waals surface area contributed by atoms with Gasteiger partial charge in [0.2, 0.25) is 0 Å². The van der Waals surface area contributed by atoms with Gasteiger partial charge < -0.3 is 25.4 Å². The smallest absolute Gasteiger partial charge is 0.167 e. The maximum absolute atomic E-state index is 10.2. The summed E-state index contributed by atoms with van der Waals surface area (Å²) in [7, 11) is 0. The average Bonchev–Trinajstić information content (AvgIpc) is 3.14. The van der Waals surface area contributed by atoms with E-state index in [1.54, 1.807) is 4.57 Å². The minimum Gasteiger partial charge on any atom is -0.394 e. The van der Waals surface area contributed by atoms with Crippen molar-refractivity contribution in [1.29, 1.82) is 0 Å². The molecule has 1 fully saturated rings. The quantitative estimate of drug-likeness (QED) is 0.524. The first kappa shape index (κ1) is 18.0. The Labute approximate surface area is 145 Å². The van der Waals surface area contributed by atoms with Gasteiger partial charge in [0, 0.05) is 6.54 Å². The molecule has 0 radical (unpaired) electrons. The predicted octanol–water partition coefficient (Wildman–Crippen LogP) is 0.286. The number of aliphatic hydroxyl groups excluding tert-OH is 3. The Bertz CT molecular complexity index is 707. The lowest BCUT2D eigenvalue weighted by molar-refractivity contribution is -0.0511. The van der Waals surface area contributed by atoms with E-state index >= 15 is 0 Å². The van der Waals surface area contributed by atoms with Gasteiger partial charge in [0.15, 0.2) is 23.2 Å². The first-order valence-corrected chi connectivity index (χ1v) is 8.56. The Hall–Kier alpha value is -1.81. The molecule has 3 rings (SSSR count). The Morgan fingerprint density at radius 1 is 1.24 bits per heavy atom. The van der Waals surface area contributed by atoms with Crippen LogP contribution in [0, 0.1) is 5.92 Å². The molecule has 25 heavy (non-hydrogen) atoms. The monoisotopic (exact) mass is 351 g/mol. The van der Waals surface area contributed by atoms with Crippen LogP contribution in [0.25, 0.3) is 11.2 Å². The van der Waals surface area contributed by atoms with Gasteiger partial charge in [-0.05, 0) is 18.8 Å². The first-order chi connectivity index (χ1) is 12.0. The molecule has 4 N–H and O–H groups in total. The van der Waals surface area contributed by atoms with Crippen LogP contribution in [0.15, 0.2) is 12.7 Å². The van der Waals surface area contributed by atoms with Gasteiger partial charge in [-0.25, -0.2) is 15.0 Å². The second-order valence-electron chi connectivity index (χ2n) is 6.74. The molecule has 2 aromatic heterocycles. The van der Waals surface area contributed by atoms with Crippen LogP contribution in [-0.4, -0.2) is 66.3 Å². The van der Waals surface area contributed by atoms with E-state index in [4.69, 9.17) is 4.74 Å². The van der Waals surface area contributed by atoms with Gasteiger partial charge in [-0.3, -0.25) is 4.57 Å². The lowest BCUT2D eigenvalue weighted by atomic mass is 10.1. The first-order valence-electron chi connectivity index (χ1n) is 8.56. The molecule has 0 aliphatic carbocycles. The molecule has 0 aromatic carbocycles. The van der Waals surface area contributed by atoms with Crippen molar-refractivity contribution in [3.05, 3.63) is 12.7 Å². The van der Waals surface area contributed by atoms with Crippen molar-refractivity contribution in [3.63, 3.8) is 0 Å². The number of ether oxygens (including phenoxy) is 1. The van der Waals surface area contributed by atoms with Crippen molar-refractivity contribution >= 4 is 17.0 Å². The molecule has 0 spiro atoms. The Morgan fingerprint density at radius 2 is 2.04 bits per heavy atom. The minimum absolute atomic E-state index is 0.376. The van der Waals surface area contributed by atoms with E-state index in [2.05, 4.69) is 34.1 Å². The molecular weight excluding hydrogens is 326 g/mol. The topological polar surface area (TPSA) is 126 Å². The van der Waals surface area contributed by atoms with E-state index in [0.29, 0.717) is 22.9 Å². The van der Waals surface area contributed by atoms with Crippen LogP contribution in [0.1, 0.15) is 32.9 Å². The van der Waals surface area contributed by atoms with Crippen LogP contribution in [-0.2, 0) is 4.74 Å². The molecule has 1 aliphatic heterocycles. The third kappa shape index (κ3) is 3.59. The van der Waals surface area contributed by atoms with E-state index in [1.165, 1.54) is 12.7 Å². The number of hydrogen-bond acceptors (Lipinski definition) is 8. The van der Waals surface area contributed by atoms with Crippen molar-refractivity contribution in [1.82, 2.24) is 19.5 Å². The van der Waals surface area contributed by atoms with Crippen molar-refractivity contribution < 1.29 is 20.1 Å². The van der Waals surface area contributed by atoms with Gasteiger partial charge in [0.1, 0.15) is 24.6 Å². The molecule has 0 bridgehead atoms. The number of nitrogens with zero attached hydrogens (tertiary/aromatic N) is 4. The number of nitrogens with one attached hydrogen (secondary N) is 1. The lowest BCUT2D eigenvalue weighted by Gasteiger charge is -2.16. The molecule has 1 saturated heterocycles. The largest absolute Gasteiger partial charge is 0.394 e. The molecular formula is C16H25N5O4. The van der Waals surface area contributed by atoms with Gasteiger partial charge >= 0.3 is 0 Å². The standard InChI is InChI=1S/C16H25N5O4/c1-9(2)4-3-5-17-14-11-15(19-7-18-14)21(8-20-11)16-13(24)12(23)10(6-22)25-16/h7-10,12-13,16,22-24H,3-6H2,1-2H3,(H,17,18,19). The van der Waals surface area contributed by atoms with Gasteiger partial charge in [0.25, 0.3) is 0 Å². The zero-order valence-corrected chi connectivity index (χ0v) is 14.4. The lowest BCUT2D eigenvalue weighted by Crippen LogP contribution is -2.33. The highest BCUT2D eigenvalue weighted by Gasteiger charge is 2.44. The fourth-order valence-corrected chi connectivity index (χ4v) is 2.99. The predicted molar refractivity (Wildman–Crippen MR) is 90.9 cm³/mol. The number of aliphatic hydroxyl groups is 3. The van der Waals surface area contributed by atoms with Crippen LogP contribution in [0.4, 0.5) is 5.82 Å². The molecule has 2 aromatic rings. The molecule has 4 unspecified atom stereocenters. The van der Waals surface area contributed by atoms with Crippen molar-refractivity contribution in [2.24, 2.45) is 5.92 Å². The van der Waals surface area contributed by atoms with Crippen LogP contribution in [0.5, 0.6) is 0 Å². The van der Waals surface area contributed by atoms with Crippen molar-refractivity contribution in [3.8, 4) is 0 Å². The van der Waals surface area contributed by atoms with Crippen molar-refractivity contribution in [2.75, 3.05) is 18.5 Å². The zero-order valence-electron chi connectivity index (χ0n) is 14.4. The second kappa shape index (κ2) is 7.61. The molecule has 0 saturated carbocycles. The highest BCUT2D eigenvalue weighted by atomic mass is 16.6. The van der Waals surface area contributed by atoms with Gasteiger partial charge in [-0.1, -0.05) is 13.8 Å². The number of anilines is 1. The molecule has 1 aliphatic rings. The van der Waals surface area contributed by atoms with E-state index in [-0.39, 0.29) is 6.61 Å². The fraction of sp³-hybridized carbons (Fsp3) is 0.688. The SMILES string of the molecule is CC(C)CCCNc1ncnc2c1ncn2C1OC(CO)C(O)C1O. The summed E-state index contributed by atoms with van der Waals surface area (Å²) in [6.45, 7) is 4.78. The summed E-state index contributed by atoms with van der Waals surface area (Å²) in [6, 6.07) is 0. The Kier molecular flexibility index (Phi) is 5.48. The normalized spacial score (nSPS) is 26.6. The van der Waals surface area contributed by atoms with Gasteiger partial charge in [0.05, 0.1) is 12.9 Å². The summed E-state index contributed by atoms with van der Waals surface area (Å²) in [4.78, 5) is 12.8. The van der Waals surface area contributed by atoms with E-state index in [1.807, 2.05) is 0 Å². The molecule has 4 atom stereocenters. The molecule has 3 heterocycles. The van der Waals surface area contributed by atoms with Crippen LogP contribution < -0.4 is 5.32 Å². The summed E-state index contributed by atoms with van der Waals surface area (Å²) in [5.74, 6) is 1.28. The number of rotatable bonds is 7. The second-order valence-corrected chi connectivity index (χ2v) is 6.74. The van der Waals surface area contributed by atoms with Crippen LogP contribution >= 0.6 is 0 Å². The van der Waals surface area contributed by atoms with E-state index < -0.39 is 24.5 Å². The average molecular weight is 351 g/mol. The fourth-order valence-electron chi connectivity index (χ4n) is 2.99. The summed E-state index contributed by atoms with van der Waals surface area (Å²) in [5, 5.41) is 32.6.